The van der Waals surface area contributed by atoms with Crippen LogP contribution < -0.4 is 4.74 Å². The summed E-state index contributed by atoms with van der Waals surface area (Å²) < 4.78 is 24.6. The molecule has 0 N–H and O–H groups in total. The number of carbonyl (C=O) groups is 1. The summed E-state index contributed by atoms with van der Waals surface area (Å²) in [6.07, 6.45) is 7.90. The summed E-state index contributed by atoms with van der Waals surface area (Å²) in [6.45, 7) is 0.0641. The van der Waals surface area contributed by atoms with Crippen LogP contribution in [-0.4, -0.2) is 12.6 Å². The van der Waals surface area contributed by atoms with E-state index in [0.29, 0.717) is 15.8 Å². The summed E-state index contributed by atoms with van der Waals surface area (Å²) in [5.74, 6) is 1.97. The summed E-state index contributed by atoms with van der Waals surface area (Å²) in [6, 6.07) is 11.7. The van der Waals surface area contributed by atoms with Gasteiger partial charge in [-0.1, -0.05) is 30.2 Å². The van der Waals surface area contributed by atoms with Crippen LogP contribution >= 0.6 is 15.9 Å². The zero-order valence-corrected chi connectivity index (χ0v) is 14.3. The van der Waals surface area contributed by atoms with E-state index in [1.165, 1.54) is 12.1 Å². The van der Waals surface area contributed by atoms with E-state index in [0.717, 1.165) is 5.56 Å². The van der Waals surface area contributed by atoms with Gasteiger partial charge in [0.15, 0.2) is 6.61 Å². The molecule has 122 valence electrons. The molecule has 0 unspecified atom stereocenters. The van der Waals surface area contributed by atoms with Gasteiger partial charge in [0.2, 0.25) is 0 Å². The van der Waals surface area contributed by atoms with E-state index in [9.17, 15) is 9.18 Å². The van der Waals surface area contributed by atoms with Crippen LogP contribution in [0.3, 0.4) is 0 Å². The number of terminal acetylenes is 1. The van der Waals surface area contributed by atoms with Crippen LogP contribution in [-0.2, 0) is 16.1 Å². The van der Waals surface area contributed by atoms with Gasteiger partial charge in [-0.2, -0.15) is 0 Å². The standard InChI is InChI=1S/C19H14BrFO3/c1-2-11-23-19(22)10-8-14-7-9-18(16(20)12-14)24-13-15-5-3-4-6-17(15)21/h1,3-10,12H,11,13H2/b10-8+. The van der Waals surface area contributed by atoms with Crippen LogP contribution in [0.25, 0.3) is 6.08 Å². The first-order chi connectivity index (χ1) is 11.6. The molecule has 0 heterocycles. The largest absolute Gasteiger partial charge is 0.488 e. The number of carbonyl (C=O) groups excluding carboxylic acids is 1. The highest BCUT2D eigenvalue weighted by atomic mass is 79.9. The van der Waals surface area contributed by atoms with Crippen LogP contribution in [0.15, 0.2) is 53.0 Å². The Kier molecular flexibility index (Phi) is 6.59. The van der Waals surface area contributed by atoms with E-state index >= 15 is 0 Å². The summed E-state index contributed by atoms with van der Waals surface area (Å²) in [5.41, 5.74) is 1.25. The molecule has 2 aromatic rings. The number of ether oxygens (including phenoxy) is 2. The normalized spacial score (nSPS) is 10.4. The van der Waals surface area contributed by atoms with E-state index in [-0.39, 0.29) is 19.0 Å². The van der Waals surface area contributed by atoms with Gasteiger partial charge in [0, 0.05) is 11.6 Å². The Bertz CT molecular complexity index is 793. The molecule has 0 spiro atoms. The van der Waals surface area contributed by atoms with Crippen LogP contribution in [0.4, 0.5) is 4.39 Å². The quantitative estimate of drug-likeness (QED) is 0.419. The van der Waals surface area contributed by atoms with Gasteiger partial charge < -0.3 is 9.47 Å². The van der Waals surface area contributed by atoms with Crippen molar-refractivity contribution in [2.24, 2.45) is 0 Å². The van der Waals surface area contributed by atoms with E-state index in [4.69, 9.17) is 15.9 Å². The average molecular weight is 389 g/mol. The Hall–Kier alpha value is -2.58. The van der Waals surface area contributed by atoms with Crippen LogP contribution in [0, 0.1) is 18.2 Å². The van der Waals surface area contributed by atoms with Crippen molar-refractivity contribution in [2.45, 2.75) is 6.61 Å². The molecule has 0 amide bonds. The van der Waals surface area contributed by atoms with Crippen molar-refractivity contribution in [3.05, 3.63) is 70.0 Å². The molecular weight excluding hydrogens is 375 g/mol. The lowest BCUT2D eigenvalue weighted by molar-refractivity contribution is -0.136. The fourth-order valence-corrected chi connectivity index (χ4v) is 2.34. The molecule has 5 heteroatoms. The SMILES string of the molecule is C#CCOC(=O)/C=C/c1ccc(OCc2ccccc2F)c(Br)c1. The van der Waals surface area contributed by atoms with Crippen molar-refractivity contribution >= 4 is 28.0 Å². The van der Waals surface area contributed by atoms with Crippen molar-refractivity contribution in [1.29, 1.82) is 0 Å². The molecule has 0 saturated carbocycles. The lowest BCUT2D eigenvalue weighted by Crippen LogP contribution is -2.00. The first kappa shape index (κ1) is 17.8. The molecule has 3 nitrogen and oxygen atoms in total. The molecule has 0 radical (unpaired) electrons. The fraction of sp³-hybridized carbons (Fsp3) is 0.105. The van der Waals surface area contributed by atoms with Gasteiger partial charge in [-0.3, -0.25) is 0 Å². The van der Waals surface area contributed by atoms with Gasteiger partial charge >= 0.3 is 5.97 Å². The Morgan fingerprint density at radius 2 is 2.08 bits per heavy atom. The van der Waals surface area contributed by atoms with Gasteiger partial charge in [0.25, 0.3) is 0 Å². The van der Waals surface area contributed by atoms with E-state index in [1.54, 1.807) is 42.5 Å². The molecule has 24 heavy (non-hydrogen) atoms. The Morgan fingerprint density at radius 3 is 2.79 bits per heavy atom. The molecule has 2 rings (SSSR count). The minimum atomic E-state index is -0.510. The summed E-state index contributed by atoms with van der Waals surface area (Å²) in [7, 11) is 0. The topological polar surface area (TPSA) is 35.5 Å². The van der Waals surface area contributed by atoms with Crippen molar-refractivity contribution in [1.82, 2.24) is 0 Å². The number of hydrogen-bond donors (Lipinski definition) is 0. The smallest absolute Gasteiger partial charge is 0.331 e. The summed E-state index contributed by atoms with van der Waals surface area (Å²) >= 11 is 3.39. The summed E-state index contributed by atoms with van der Waals surface area (Å²) in [4.78, 5) is 11.3. The number of halogens is 2. The van der Waals surface area contributed by atoms with Gasteiger partial charge in [-0.25, -0.2) is 9.18 Å². The predicted octanol–water partition coefficient (Wildman–Crippen LogP) is 4.36. The lowest BCUT2D eigenvalue weighted by Gasteiger charge is -2.09. The number of rotatable bonds is 6. The molecule has 2 aromatic carbocycles. The van der Waals surface area contributed by atoms with Crippen LogP contribution in [0.5, 0.6) is 5.75 Å². The van der Waals surface area contributed by atoms with Crippen LogP contribution in [0.2, 0.25) is 0 Å². The summed E-state index contributed by atoms with van der Waals surface area (Å²) in [5, 5.41) is 0. The Morgan fingerprint density at radius 1 is 1.29 bits per heavy atom. The second-order valence-corrected chi connectivity index (χ2v) is 5.57. The molecule has 0 aromatic heterocycles. The highest BCUT2D eigenvalue weighted by Crippen LogP contribution is 2.27. The highest BCUT2D eigenvalue weighted by Gasteiger charge is 2.05. The van der Waals surface area contributed by atoms with Gasteiger partial charge in [0.05, 0.1) is 4.47 Å². The zero-order chi connectivity index (χ0) is 17.4. The van der Waals surface area contributed by atoms with E-state index in [1.807, 2.05) is 0 Å². The molecule has 0 aliphatic heterocycles. The van der Waals surface area contributed by atoms with Gasteiger partial charge in [-0.15, -0.1) is 6.42 Å². The van der Waals surface area contributed by atoms with Crippen molar-refractivity contribution < 1.29 is 18.7 Å². The average Bonchev–Trinajstić information content (AvgIpc) is 2.58. The molecule has 0 bridgehead atoms. The minimum absolute atomic E-state index is 0.0598. The minimum Gasteiger partial charge on any atom is -0.488 e. The first-order valence-electron chi connectivity index (χ1n) is 7.04. The van der Waals surface area contributed by atoms with Crippen molar-refractivity contribution in [3.8, 4) is 18.1 Å². The van der Waals surface area contributed by atoms with Gasteiger partial charge in [-0.05, 0) is 45.8 Å². The third-order valence-corrected chi connectivity index (χ3v) is 3.63. The van der Waals surface area contributed by atoms with Crippen molar-refractivity contribution in [3.63, 3.8) is 0 Å². The van der Waals surface area contributed by atoms with E-state index in [2.05, 4.69) is 21.9 Å². The molecule has 0 aliphatic rings. The van der Waals surface area contributed by atoms with E-state index < -0.39 is 5.97 Å². The molecule has 0 fully saturated rings. The second-order valence-electron chi connectivity index (χ2n) is 4.72. The monoisotopic (exact) mass is 388 g/mol. The molecule has 0 atom stereocenters. The third kappa shape index (κ3) is 5.25. The highest BCUT2D eigenvalue weighted by molar-refractivity contribution is 9.10. The van der Waals surface area contributed by atoms with Gasteiger partial charge in [0.1, 0.15) is 18.2 Å². The lowest BCUT2D eigenvalue weighted by atomic mass is 10.2. The Balaban J connectivity index is 1.99. The number of benzene rings is 2. The number of esters is 1. The second kappa shape index (κ2) is 8.90. The third-order valence-electron chi connectivity index (χ3n) is 3.01. The maximum absolute atomic E-state index is 13.6. The zero-order valence-electron chi connectivity index (χ0n) is 12.7. The maximum atomic E-state index is 13.6. The Labute approximate surface area is 148 Å². The maximum Gasteiger partial charge on any atom is 0.331 e. The fourth-order valence-electron chi connectivity index (χ4n) is 1.83. The number of hydrogen-bond acceptors (Lipinski definition) is 3. The molecule has 0 saturated heterocycles. The molecular formula is C19H14BrFO3. The first-order valence-corrected chi connectivity index (χ1v) is 7.83. The van der Waals surface area contributed by atoms with Crippen molar-refractivity contribution in [2.75, 3.05) is 6.61 Å². The van der Waals surface area contributed by atoms with Crippen LogP contribution in [0.1, 0.15) is 11.1 Å². The molecule has 0 aliphatic carbocycles. The predicted molar refractivity (Wildman–Crippen MR) is 93.7 cm³/mol.